The third-order valence-corrected chi connectivity index (χ3v) is 4.20. The van der Waals surface area contributed by atoms with E-state index < -0.39 is 0 Å². The van der Waals surface area contributed by atoms with Gasteiger partial charge in [0.05, 0.1) is 11.6 Å². The van der Waals surface area contributed by atoms with E-state index in [1.807, 2.05) is 42.5 Å². The van der Waals surface area contributed by atoms with Crippen LogP contribution in [0.25, 0.3) is 0 Å². The number of benzene rings is 3. The molecule has 0 atom stereocenters. The van der Waals surface area contributed by atoms with Crippen LogP contribution in [0.1, 0.15) is 31.8 Å². The summed E-state index contributed by atoms with van der Waals surface area (Å²) in [5.41, 5.74) is 2.09. The molecule has 4 heteroatoms. The molecule has 0 aromatic heterocycles. The zero-order chi connectivity index (χ0) is 19.1. The topological polar surface area (TPSA) is 61.2 Å². The molecule has 0 bridgehead atoms. The van der Waals surface area contributed by atoms with Crippen molar-refractivity contribution in [3.05, 3.63) is 107 Å². The van der Waals surface area contributed by atoms with E-state index in [9.17, 15) is 9.59 Å². The van der Waals surface area contributed by atoms with Crippen molar-refractivity contribution in [2.45, 2.75) is 6.54 Å². The van der Waals surface area contributed by atoms with Gasteiger partial charge in [0, 0.05) is 17.7 Å². The normalized spacial score (nSPS) is 10.0. The fraction of sp³-hybridized carbons (Fsp3) is 0.0870. The molecule has 132 valence electrons. The van der Waals surface area contributed by atoms with E-state index in [2.05, 4.69) is 0 Å². The van der Waals surface area contributed by atoms with E-state index in [0.29, 0.717) is 23.2 Å². The summed E-state index contributed by atoms with van der Waals surface area (Å²) < 4.78 is 0. The lowest BCUT2D eigenvalue weighted by Gasteiger charge is -2.21. The summed E-state index contributed by atoms with van der Waals surface area (Å²) in [6.45, 7) is 0.253. The van der Waals surface area contributed by atoms with Crippen molar-refractivity contribution in [3.8, 4) is 6.07 Å². The highest BCUT2D eigenvalue weighted by molar-refractivity contribution is 6.15. The van der Waals surface area contributed by atoms with Gasteiger partial charge in [0.15, 0.2) is 5.78 Å². The van der Waals surface area contributed by atoms with Gasteiger partial charge in [-0.05, 0) is 11.6 Å². The summed E-state index contributed by atoms with van der Waals surface area (Å²) >= 11 is 0. The zero-order valence-corrected chi connectivity index (χ0v) is 14.7. The maximum atomic E-state index is 13.1. The second kappa shape index (κ2) is 8.59. The minimum atomic E-state index is -0.333. The molecule has 0 heterocycles. The molecule has 1 amide bonds. The highest BCUT2D eigenvalue weighted by Gasteiger charge is 2.22. The molecule has 0 spiro atoms. The number of hydrogen-bond donors (Lipinski definition) is 0. The van der Waals surface area contributed by atoms with Gasteiger partial charge < -0.3 is 4.90 Å². The fourth-order valence-electron chi connectivity index (χ4n) is 2.87. The molecule has 0 fully saturated rings. The maximum absolute atomic E-state index is 13.1. The van der Waals surface area contributed by atoms with Crippen LogP contribution in [0.3, 0.4) is 0 Å². The Morgan fingerprint density at radius 1 is 0.778 bits per heavy atom. The zero-order valence-electron chi connectivity index (χ0n) is 14.7. The first kappa shape index (κ1) is 18.1. The number of ketones is 1. The minimum Gasteiger partial charge on any atom is -0.321 e. The van der Waals surface area contributed by atoms with Crippen LogP contribution in [0.4, 0.5) is 0 Å². The summed E-state index contributed by atoms with van der Waals surface area (Å²) in [4.78, 5) is 27.4. The van der Waals surface area contributed by atoms with Crippen LogP contribution in [0, 0.1) is 11.3 Å². The Labute approximate surface area is 158 Å². The van der Waals surface area contributed by atoms with Crippen molar-refractivity contribution in [1.82, 2.24) is 4.90 Å². The van der Waals surface area contributed by atoms with Crippen LogP contribution in [-0.4, -0.2) is 23.1 Å². The molecule has 4 nitrogen and oxygen atoms in total. The van der Waals surface area contributed by atoms with Gasteiger partial charge in [-0.2, -0.15) is 5.26 Å². The number of rotatable bonds is 6. The van der Waals surface area contributed by atoms with Crippen molar-refractivity contribution >= 4 is 11.7 Å². The van der Waals surface area contributed by atoms with Gasteiger partial charge in [-0.3, -0.25) is 9.59 Å². The molecule has 0 unspecified atom stereocenters. The van der Waals surface area contributed by atoms with Crippen molar-refractivity contribution in [2.75, 3.05) is 6.54 Å². The summed E-state index contributed by atoms with van der Waals surface area (Å²) in [7, 11) is 0. The molecule has 3 aromatic rings. The van der Waals surface area contributed by atoms with Gasteiger partial charge >= 0.3 is 0 Å². The Balaban J connectivity index is 1.93. The molecule has 0 aliphatic rings. The Morgan fingerprint density at radius 3 is 1.96 bits per heavy atom. The SMILES string of the molecule is N#CCN(Cc1ccccc1)C(=O)c1ccccc1C(=O)c1ccccc1. The van der Waals surface area contributed by atoms with Crippen LogP contribution in [0.2, 0.25) is 0 Å². The molecular formula is C23H18N2O2. The molecule has 0 aliphatic heterocycles. The minimum absolute atomic E-state index is 0.0540. The standard InChI is InChI=1S/C23H18N2O2/c24-15-16-25(17-18-9-3-1-4-10-18)23(27)21-14-8-7-13-20(21)22(26)19-11-5-2-6-12-19/h1-14H,16-17H2. The summed E-state index contributed by atoms with van der Waals surface area (Å²) in [6, 6.07) is 27.1. The van der Waals surface area contributed by atoms with Gasteiger partial charge in [-0.1, -0.05) is 78.9 Å². The Kier molecular flexibility index (Phi) is 5.76. The Morgan fingerprint density at radius 2 is 1.33 bits per heavy atom. The molecule has 0 saturated heterocycles. The summed E-state index contributed by atoms with van der Waals surface area (Å²) in [5, 5.41) is 9.16. The second-order valence-electron chi connectivity index (χ2n) is 6.05. The fourth-order valence-corrected chi connectivity index (χ4v) is 2.87. The van der Waals surface area contributed by atoms with Crippen molar-refractivity contribution in [3.63, 3.8) is 0 Å². The van der Waals surface area contributed by atoms with E-state index in [4.69, 9.17) is 5.26 Å². The van der Waals surface area contributed by atoms with Crippen LogP contribution in [0.5, 0.6) is 0 Å². The average molecular weight is 354 g/mol. The van der Waals surface area contributed by atoms with Crippen LogP contribution in [-0.2, 0) is 6.54 Å². The van der Waals surface area contributed by atoms with Crippen molar-refractivity contribution in [1.29, 1.82) is 5.26 Å². The van der Waals surface area contributed by atoms with Crippen LogP contribution >= 0.6 is 0 Å². The predicted molar refractivity (Wildman–Crippen MR) is 103 cm³/mol. The highest BCUT2D eigenvalue weighted by Crippen LogP contribution is 2.18. The molecule has 27 heavy (non-hydrogen) atoms. The molecular weight excluding hydrogens is 336 g/mol. The van der Waals surface area contributed by atoms with Gasteiger partial charge in [0.1, 0.15) is 6.54 Å². The van der Waals surface area contributed by atoms with Gasteiger partial charge in [0.2, 0.25) is 0 Å². The lowest BCUT2D eigenvalue weighted by molar-refractivity contribution is 0.0760. The predicted octanol–water partition coefficient (Wildman–Crippen LogP) is 4.08. The summed E-state index contributed by atoms with van der Waals surface area (Å²) in [6.07, 6.45) is 0. The number of nitriles is 1. The third-order valence-electron chi connectivity index (χ3n) is 4.20. The number of carbonyl (C=O) groups excluding carboxylic acids is 2. The first-order chi connectivity index (χ1) is 13.2. The molecule has 0 N–H and O–H groups in total. The summed E-state index contributed by atoms with van der Waals surface area (Å²) in [5.74, 6) is -0.545. The molecule has 3 aromatic carbocycles. The Bertz CT molecular complexity index is 976. The quantitative estimate of drug-likeness (QED) is 0.495. The lowest BCUT2D eigenvalue weighted by atomic mass is 9.97. The number of carbonyl (C=O) groups is 2. The third kappa shape index (κ3) is 4.28. The first-order valence-corrected chi connectivity index (χ1v) is 8.59. The van der Waals surface area contributed by atoms with Crippen LogP contribution < -0.4 is 0 Å². The van der Waals surface area contributed by atoms with Crippen molar-refractivity contribution in [2.24, 2.45) is 0 Å². The second-order valence-corrected chi connectivity index (χ2v) is 6.05. The van der Waals surface area contributed by atoms with Gasteiger partial charge in [0.25, 0.3) is 5.91 Å². The molecule has 0 saturated carbocycles. The van der Waals surface area contributed by atoms with E-state index in [-0.39, 0.29) is 18.2 Å². The van der Waals surface area contributed by atoms with E-state index in [1.54, 1.807) is 48.5 Å². The maximum Gasteiger partial charge on any atom is 0.255 e. The highest BCUT2D eigenvalue weighted by atomic mass is 16.2. The van der Waals surface area contributed by atoms with Crippen molar-refractivity contribution < 1.29 is 9.59 Å². The monoisotopic (exact) mass is 354 g/mol. The van der Waals surface area contributed by atoms with E-state index >= 15 is 0 Å². The number of nitrogens with zero attached hydrogens (tertiary/aromatic N) is 2. The lowest BCUT2D eigenvalue weighted by Crippen LogP contribution is -2.32. The first-order valence-electron chi connectivity index (χ1n) is 8.59. The molecule has 0 radical (unpaired) electrons. The number of amides is 1. The smallest absolute Gasteiger partial charge is 0.255 e. The molecule has 3 rings (SSSR count). The van der Waals surface area contributed by atoms with Gasteiger partial charge in [-0.15, -0.1) is 0 Å². The number of hydrogen-bond acceptors (Lipinski definition) is 3. The molecule has 0 aliphatic carbocycles. The van der Waals surface area contributed by atoms with Gasteiger partial charge in [-0.25, -0.2) is 0 Å². The van der Waals surface area contributed by atoms with Crippen LogP contribution in [0.15, 0.2) is 84.9 Å². The van der Waals surface area contributed by atoms with E-state index in [1.165, 1.54) is 4.90 Å². The largest absolute Gasteiger partial charge is 0.321 e. The Hall–Kier alpha value is -3.71. The average Bonchev–Trinajstić information content (AvgIpc) is 2.74. The van der Waals surface area contributed by atoms with E-state index in [0.717, 1.165) is 5.56 Å².